The Morgan fingerprint density at radius 1 is 1.67 bits per heavy atom. The van der Waals surface area contributed by atoms with Crippen LogP contribution in [0, 0.1) is 0 Å². The van der Waals surface area contributed by atoms with E-state index in [0.717, 1.165) is 19.9 Å². The van der Waals surface area contributed by atoms with E-state index in [4.69, 9.17) is 0 Å². The van der Waals surface area contributed by atoms with Gasteiger partial charge in [0.2, 0.25) is 0 Å². The molecule has 1 rings (SSSR count). The largest absolute Gasteiger partial charge is 0.238 e. The standard InChI is InChI=1S/C7H7Br2NS2/c8-6(9)2-1-4-11-7-10-3-5-12-7/h2-3,5H,1,4H2. The van der Waals surface area contributed by atoms with Gasteiger partial charge < -0.3 is 0 Å². The molecule has 12 heavy (non-hydrogen) atoms. The van der Waals surface area contributed by atoms with Crippen LogP contribution in [-0.4, -0.2) is 10.7 Å². The SMILES string of the molecule is BrC(Br)=CCCSc1nccs1. The molecule has 0 bridgehead atoms. The average molecular weight is 329 g/mol. The Morgan fingerprint density at radius 2 is 2.50 bits per heavy atom. The number of allylic oxidation sites excluding steroid dienone is 1. The highest BCUT2D eigenvalue weighted by Gasteiger charge is 1.94. The zero-order valence-electron chi connectivity index (χ0n) is 6.17. The fraction of sp³-hybridized carbons (Fsp3) is 0.286. The van der Waals surface area contributed by atoms with Crippen molar-refractivity contribution >= 4 is 55.0 Å². The van der Waals surface area contributed by atoms with Crippen LogP contribution in [0.3, 0.4) is 0 Å². The summed E-state index contributed by atoms with van der Waals surface area (Å²) in [5.41, 5.74) is 0. The van der Waals surface area contributed by atoms with E-state index in [9.17, 15) is 0 Å². The van der Waals surface area contributed by atoms with Crippen molar-refractivity contribution in [3.8, 4) is 0 Å². The van der Waals surface area contributed by atoms with Crippen LogP contribution in [0.1, 0.15) is 6.42 Å². The van der Waals surface area contributed by atoms with E-state index in [2.05, 4.69) is 42.9 Å². The van der Waals surface area contributed by atoms with E-state index in [0.29, 0.717) is 0 Å². The maximum atomic E-state index is 4.17. The molecule has 0 saturated heterocycles. The molecule has 1 aromatic rings. The first-order valence-electron chi connectivity index (χ1n) is 3.32. The Morgan fingerprint density at radius 3 is 3.08 bits per heavy atom. The Bertz CT molecular complexity index is 242. The zero-order chi connectivity index (χ0) is 8.81. The van der Waals surface area contributed by atoms with Crippen molar-refractivity contribution in [2.45, 2.75) is 10.8 Å². The van der Waals surface area contributed by atoms with Crippen LogP contribution in [0.15, 0.2) is 25.4 Å². The fourth-order valence-electron chi connectivity index (χ4n) is 0.596. The van der Waals surface area contributed by atoms with Crippen LogP contribution in [0.2, 0.25) is 0 Å². The van der Waals surface area contributed by atoms with E-state index in [1.807, 2.05) is 11.6 Å². The smallest absolute Gasteiger partial charge is 0.149 e. The summed E-state index contributed by atoms with van der Waals surface area (Å²) in [6.07, 6.45) is 4.99. The Kier molecular flexibility index (Phi) is 5.54. The number of thioether (sulfide) groups is 1. The second-order valence-corrected chi connectivity index (χ2v) is 6.94. The lowest BCUT2D eigenvalue weighted by atomic mass is 10.5. The van der Waals surface area contributed by atoms with Crippen molar-refractivity contribution in [1.29, 1.82) is 0 Å². The van der Waals surface area contributed by atoms with E-state index >= 15 is 0 Å². The van der Waals surface area contributed by atoms with Gasteiger partial charge in [0.25, 0.3) is 0 Å². The minimum absolute atomic E-state index is 1.02. The van der Waals surface area contributed by atoms with E-state index in [1.165, 1.54) is 0 Å². The third-order valence-corrected chi connectivity index (χ3v) is 3.70. The van der Waals surface area contributed by atoms with Crippen molar-refractivity contribution < 1.29 is 0 Å². The van der Waals surface area contributed by atoms with Gasteiger partial charge in [-0.25, -0.2) is 4.98 Å². The van der Waals surface area contributed by atoms with Gasteiger partial charge in [-0.05, 0) is 38.3 Å². The molecule has 0 spiro atoms. The molecule has 5 heteroatoms. The van der Waals surface area contributed by atoms with Crippen LogP contribution in [0.5, 0.6) is 0 Å². The molecule has 0 atom stereocenters. The molecule has 0 saturated carbocycles. The van der Waals surface area contributed by atoms with Gasteiger partial charge in [-0.3, -0.25) is 0 Å². The van der Waals surface area contributed by atoms with Gasteiger partial charge >= 0.3 is 0 Å². The number of thiazole rings is 1. The molecule has 0 radical (unpaired) electrons. The molecule has 0 fully saturated rings. The molecule has 66 valence electrons. The van der Waals surface area contributed by atoms with Crippen molar-refractivity contribution in [2.24, 2.45) is 0 Å². The summed E-state index contributed by atoms with van der Waals surface area (Å²) in [5, 5.41) is 2.00. The topological polar surface area (TPSA) is 12.9 Å². The number of nitrogens with zero attached hydrogens (tertiary/aromatic N) is 1. The molecule has 1 nitrogen and oxygen atoms in total. The zero-order valence-corrected chi connectivity index (χ0v) is 11.0. The van der Waals surface area contributed by atoms with Gasteiger partial charge in [-0.2, -0.15) is 0 Å². The first-order chi connectivity index (χ1) is 5.79. The van der Waals surface area contributed by atoms with Crippen molar-refractivity contribution in [3.05, 3.63) is 21.0 Å². The molecule has 1 heterocycles. The summed E-state index contributed by atoms with van der Waals surface area (Å²) < 4.78 is 2.17. The number of hydrogen-bond donors (Lipinski definition) is 0. The Hall–Kier alpha value is 0.680. The number of aromatic nitrogens is 1. The molecule has 1 aromatic heterocycles. The van der Waals surface area contributed by atoms with Gasteiger partial charge in [-0.1, -0.05) is 17.8 Å². The molecule has 0 N–H and O–H groups in total. The van der Waals surface area contributed by atoms with Crippen LogP contribution in [0.4, 0.5) is 0 Å². The number of rotatable bonds is 4. The molecular formula is C7H7Br2NS2. The number of hydrogen-bond acceptors (Lipinski definition) is 3. The van der Waals surface area contributed by atoms with Gasteiger partial charge in [0.05, 0.1) is 3.39 Å². The molecule has 0 unspecified atom stereocenters. The minimum atomic E-state index is 1.02. The van der Waals surface area contributed by atoms with E-state index in [1.54, 1.807) is 23.1 Å². The fourth-order valence-corrected chi connectivity index (χ4v) is 2.65. The summed E-state index contributed by atoms with van der Waals surface area (Å²) in [5.74, 6) is 1.08. The molecule has 0 amide bonds. The second kappa shape index (κ2) is 6.18. The second-order valence-electron chi connectivity index (χ2n) is 1.93. The minimum Gasteiger partial charge on any atom is -0.238 e. The lowest BCUT2D eigenvalue weighted by Gasteiger charge is -1.92. The van der Waals surface area contributed by atoms with Crippen molar-refractivity contribution in [2.75, 3.05) is 5.75 Å². The molecule has 0 aliphatic carbocycles. The normalized spacial score (nSPS) is 9.83. The van der Waals surface area contributed by atoms with Crippen molar-refractivity contribution in [3.63, 3.8) is 0 Å². The molecule has 0 aromatic carbocycles. The molecule has 0 aliphatic rings. The first kappa shape index (κ1) is 10.8. The predicted molar refractivity (Wildman–Crippen MR) is 63.4 cm³/mol. The predicted octanol–water partition coefficient (Wildman–Crippen LogP) is 4.26. The molecule has 0 aliphatic heterocycles. The van der Waals surface area contributed by atoms with Crippen LogP contribution < -0.4 is 0 Å². The van der Waals surface area contributed by atoms with Crippen LogP contribution in [-0.2, 0) is 0 Å². The maximum Gasteiger partial charge on any atom is 0.149 e. The highest BCUT2D eigenvalue weighted by Crippen LogP contribution is 2.22. The highest BCUT2D eigenvalue weighted by molar-refractivity contribution is 9.28. The quantitative estimate of drug-likeness (QED) is 0.605. The summed E-state index contributed by atoms with van der Waals surface area (Å²) in [6, 6.07) is 0. The van der Waals surface area contributed by atoms with Crippen molar-refractivity contribution in [1.82, 2.24) is 4.98 Å². The van der Waals surface area contributed by atoms with Gasteiger partial charge in [0.1, 0.15) is 4.34 Å². The average Bonchev–Trinajstić information content (AvgIpc) is 2.49. The Labute approximate surface area is 96.9 Å². The van der Waals surface area contributed by atoms with E-state index in [-0.39, 0.29) is 0 Å². The lowest BCUT2D eigenvalue weighted by Crippen LogP contribution is -1.74. The maximum absolute atomic E-state index is 4.17. The number of halogens is 2. The monoisotopic (exact) mass is 327 g/mol. The van der Waals surface area contributed by atoms with Crippen LogP contribution in [0.25, 0.3) is 0 Å². The third-order valence-electron chi connectivity index (χ3n) is 1.05. The summed E-state index contributed by atoms with van der Waals surface area (Å²) in [4.78, 5) is 4.17. The summed E-state index contributed by atoms with van der Waals surface area (Å²) >= 11 is 10.1. The summed E-state index contributed by atoms with van der Waals surface area (Å²) in [7, 11) is 0. The Balaban J connectivity index is 2.16. The van der Waals surface area contributed by atoms with Gasteiger partial charge in [0, 0.05) is 17.3 Å². The summed E-state index contributed by atoms with van der Waals surface area (Å²) in [6.45, 7) is 0. The molecular weight excluding hydrogens is 322 g/mol. The first-order valence-corrected chi connectivity index (χ1v) is 6.77. The highest BCUT2D eigenvalue weighted by atomic mass is 79.9. The van der Waals surface area contributed by atoms with E-state index < -0.39 is 0 Å². The van der Waals surface area contributed by atoms with Gasteiger partial charge in [-0.15, -0.1) is 11.3 Å². The van der Waals surface area contributed by atoms with Gasteiger partial charge in [0.15, 0.2) is 0 Å². The lowest BCUT2D eigenvalue weighted by molar-refractivity contribution is 1.21. The third kappa shape index (κ3) is 4.64. The van der Waals surface area contributed by atoms with Crippen LogP contribution >= 0.6 is 55.0 Å².